The van der Waals surface area contributed by atoms with Crippen molar-refractivity contribution in [2.45, 2.75) is 26.7 Å². The number of benzene rings is 3. The fraction of sp³-hybridized carbons (Fsp3) is 0.125. The normalized spacial score (nSPS) is 10.7. The standard InChI is InChI=1S/C21H18NO.C11H9NO.Ir/c1-13(2)18-11-19(22-12-14(18)3)17-9-6-8-16-15-7-4-5-10-20(15)23-21(16)17;13-11-7-2-1-5-9(11)10-6-3-4-8-12-10;/h4-8,10-13H,1-3H3;1-8,13H;/q-1;;. The molecule has 3 aromatic carbocycles. The number of para-hydroxylation sites is 2. The van der Waals surface area contributed by atoms with Crippen LogP contribution >= 0.6 is 0 Å². The number of fused-ring (bicyclic) bond motifs is 3. The van der Waals surface area contributed by atoms with Crippen LogP contribution in [0.4, 0.5) is 0 Å². The van der Waals surface area contributed by atoms with Crippen LogP contribution in [0.1, 0.15) is 30.9 Å². The van der Waals surface area contributed by atoms with Gasteiger partial charge >= 0.3 is 0 Å². The van der Waals surface area contributed by atoms with Gasteiger partial charge in [-0.2, -0.15) is 0 Å². The molecule has 37 heavy (non-hydrogen) atoms. The third-order valence-electron chi connectivity index (χ3n) is 6.21. The van der Waals surface area contributed by atoms with E-state index in [0.29, 0.717) is 5.92 Å². The van der Waals surface area contributed by atoms with Crippen LogP contribution in [0.2, 0.25) is 0 Å². The molecule has 0 amide bonds. The predicted molar refractivity (Wildman–Crippen MR) is 146 cm³/mol. The number of rotatable bonds is 3. The van der Waals surface area contributed by atoms with E-state index in [2.05, 4.69) is 55.0 Å². The van der Waals surface area contributed by atoms with Crippen molar-refractivity contribution in [1.82, 2.24) is 9.97 Å². The molecule has 0 saturated carbocycles. The number of nitrogens with zero attached hydrogens (tertiary/aromatic N) is 2. The van der Waals surface area contributed by atoms with Gasteiger partial charge in [0.05, 0.1) is 11.3 Å². The maximum Gasteiger partial charge on any atom is 0.124 e. The second kappa shape index (κ2) is 11.5. The van der Waals surface area contributed by atoms with Gasteiger partial charge in [-0.3, -0.25) is 4.98 Å². The molecule has 0 fully saturated rings. The average molecular weight is 664 g/mol. The third-order valence-corrected chi connectivity index (χ3v) is 6.21. The van der Waals surface area contributed by atoms with Crippen LogP contribution in [-0.2, 0) is 20.1 Å². The Morgan fingerprint density at radius 3 is 2.35 bits per heavy atom. The smallest absolute Gasteiger partial charge is 0.124 e. The summed E-state index contributed by atoms with van der Waals surface area (Å²) in [5, 5.41) is 11.8. The Labute approximate surface area is 230 Å². The number of pyridine rings is 2. The quantitative estimate of drug-likeness (QED) is 0.194. The zero-order valence-electron chi connectivity index (χ0n) is 20.9. The van der Waals surface area contributed by atoms with E-state index in [1.165, 1.54) is 11.1 Å². The van der Waals surface area contributed by atoms with E-state index in [1.807, 2.05) is 60.8 Å². The Morgan fingerprint density at radius 1 is 0.838 bits per heavy atom. The zero-order chi connectivity index (χ0) is 25.1. The van der Waals surface area contributed by atoms with Crippen molar-refractivity contribution in [2.75, 3.05) is 0 Å². The summed E-state index contributed by atoms with van der Waals surface area (Å²) in [5.74, 6) is 0.729. The molecule has 187 valence electrons. The fourth-order valence-electron chi connectivity index (χ4n) is 4.39. The molecule has 0 spiro atoms. The molecule has 5 heteroatoms. The Bertz CT molecular complexity index is 1640. The summed E-state index contributed by atoms with van der Waals surface area (Å²) in [7, 11) is 0. The van der Waals surface area contributed by atoms with Crippen LogP contribution in [0.15, 0.2) is 102 Å². The number of aromatic nitrogens is 2. The van der Waals surface area contributed by atoms with Crippen LogP contribution < -0.4 is 0 Å². The molecule has 0 saturated heterocycles. The minimum Gasteiger partial charge on any atom is -0.507 e. The summed E-state index contributed by atoms with van der Waals surface area (Å²) in [6.45, 7) is 6.52. The molecule has 6 rings (SSSR count). The number of furan rings is 1. The molecule has 0 aliphatic rings. The minimum atomic E-state index is 0. The third kappa shape index (κ3) is 5.48. The molecule has 3 heterocycles. The monoisotopic (exact) mass is 664 g/mol. The van der Waals surface area contributed by atoms with Crippen molar-refractivity contribution < 1.29 is 29.6 Å². The van der Waals surface area contributed by atoms with Crippen LogP contribution in [0, 0.1) is 13.0 Å². The van der Waals surface area contributed by atoms with Crippen molar-refractivity contribution in [3.05, 3.63) is 115 Å². The van der Waals surface area contributed by atoms with Crippen LogP contribution in [-0.4, -0.2) is 15.1 Å². The van der Waals surface area contributed by atoms with Crippen LogP contribution in [0.3, 0.4) is 0 Å². The van der Waals surface area contributed by atoms with Gasteiger partial charge in [-0.1, -0.05) is 67.3 Å². The number of phenolic OH excluding ortho intramolecular Hbond substituents is 1. The van der Waals surface area contributed by atoms with E-state index < -0.39 is 0 Å². The van der Waals surface area contributed by atoms with E-state index in [4.69, 9.17) is 4.42 Å². The molecule has 0 unspecified atom stereocenters. The second-order valence-electron chi connectivity index (χ2n) is 9.01. The molecule has 0 atom stereocenters. The van der Waals surface area contributed by atoms with Crippen molar-refractivity contribution in [3.8, 4) is 28.3 Å². The first-order chi connectivity index (χ1) is 17.5. The number of aryl methyl sites for hydroxylation is 1. The van der Waals surface area contributed by atoms with Gasteiger partial charge in [-0.15, -0.1) is 18.2 Å². The molecule has 1 N–H and O–H groups in total. The van der Waals surface area contributed by atoms with Crippen LogP contribution in [0.25, 0.3) is 44.5 Å². The van der Waals surface area contributed by atoms with E-state index in [0.717, 1.165) is 44.5 Å². The molecule has 0 aliphatic heterocycles. The Hall–Kier alpha value is -3.79. The minimum absolute atomic E-state index is 0. The van der Waals surface area contributed by atoms with E-state index in [9.17, 15) is 5.11 Å². The second-order valence-corrected chi connectivity index (χ2v) is 9.01. The summed E-state index contributed by atoms with van der Waals surface area (Å²) in [6, 6.07) is 30.4. The molecular formula is C32H27IrN2O2-. The zero-order valence-corrected chi connectivity index (χ0v) is 23.3. The van der Waals surface area contributed by atoms with Gasteiger partial charge in [0, 0.05) is 43.4 Å². The van der Waals surface area contributed by atoms with Gasteiger partial charge in [0.25, 0.3) is 0 Å². The first-order valence-corrected chi connectivity index (χ1v) is 12.0. The molecule has 6 aromatic rings. The molecule has 3 aromatic heterocycles. The molecule has 0 bridgehead atoms. The van der Waals surface area contributed by atoms with Crippen molar-refractivity contribution >= 4 is 21.9 Å². The summed E-state index contributed by atoms with van der Waals surface area (Å²) >= 11 is 0. The van der Waals surface area contributed by atoms with Gasteiger partial charge in [-0.05, 0) is 60.0 Å². The maximum absolute atomic E-state index is 9.52. The Balaban J connectivity index is 0.000000195. The van der Waals surface area contributed by atoms with Gasteiger partial charge in [0.1, 0.15) is 11.3 Å². The molecule has 0 aliphatic carbocycles. The topological polar surface area (TPSA) is 59.2 Å². The Kier molecular flexibility index (Phi) is 8.17. The van der Waals surface area contributed by atoms with E-state index in [1.54, 1.807) is 18.3 Å². The van der Waals surface area contributed by atoms with Crippen molar-refractivity contribution in [1.29, 1.82) is 0 Å². The van der Waals surface area contributed by atoms with Crippen molar-refractivity contribution in [2.24, 2.45) is 0 Å². The fourth-order valence-corrected chi connectivity index (χ4v) is 4.39. The number of hydrogen-bond acceptors (Lipinski definition) is 4. The summed E-state index contributed by atoms with van der Waals surface area (Å²) in [4.78, 5) is 8.77. The van der Waals surface area contributed by atoms with Gasteiger partial charge < -0.3 is 14.5 Å². The van der Waals surface area contributed by atoms with Gasteiger partial charge in [0.2, 0.25) is 0 Å². The summed E-state index contributed by atoms with van der Waals surface area (Å²) in [5.41, 5.74) is 7.71. The van der Waals surface area contributed by atoms with E-state index >= 15 is 0 Å². The van der Waals surface area contributed by atoms with Gasteiger partial charge in [-0.25, -0.2) is 0 Å². The SMILES string of the molecule is Cc1cnc(-c2[c-]ccc3c2oc2ccccc23)cc1C(C)C.Oc1ccccc1-c1ccccn1.[Ir]. The van der Waals surface area contributed by atoms with Crippen molar-refractivity contribution in [3.63, 3.8) is 0 Å². The van der Waals surface area contributed by atoms with E-state index in [-0.39, 0.29) is 25.9 Å². The Morgan fingerprint density at radius 2 is 1.59 bits per heavy atom. The first kappa shape index (κ1) is 26.3. The number of aromatic hydroxyl groups is 1. The number of phenols is 1. The summed E-state index contributed by atoms with van der Waals surface area (Å²) in [6.07, 6.45) is 3.65. The number of hydrogen-bond donors (Lipinski definition) is 1. The molecule has 1 radical (unpaired) electrons. The van der Waals surface area contributed by atoms with Gasteiger partial charge in [0.15, 0.2) is 0 Å². The summed E-state index contributed by atoms with van der Waals surface area (Å²) < 4.78 is 6.10. The predicted octanol–water partition coefficient (Wildman–Crippen LogP) is 8.33. The molecular weight excluding hydrogens is 637 g/mol. The average Bonchev–Trinajstić information content (AvgIpc) is 3.29. The molecule has 4 nitrogen and oxygen atoms in total. The maximum atomic E-state index is 9.52. The van der Waals surface area contributed by atoms with Crippen LogP contribution in [0.5, 0.6) is 5.75 Å². The largest absolute Gasteiger partial charge is 0.507 e. The first-order valence-electron chi connectivity index (χ1n) is 12.0.